The molecule has 0 bridgehead atoms. The highest BCUT2D eigenvalue weighted by Crippen LogP contribution is 2.23. The number of nitrogens with zero attached hydrogens (tertiary/aromatic N) is 3. The topological polar surface area (TPSA) is 82.6 Å². The van der Waals surface area contributed by atoms with Crippen molar-refractivity contribution in [1.29, 1.82) is 0 Å². The smallest absolute Gasteiger partial charge is 0.268 e. The number of aromatic nitrogens is 2. The van der Waals surface area contributed by atoms with Crippen molar-refractivity contribution in [1.82, 2.24) is 15.0 Å². The van der Waals surface area contributed by atoms with Crippen molar-refractivity contribution in [2.45, 2.75) is 18.8 Å². The van der Waals surface area contributed by atoms with Gasteiger partial charge in [-0.3, -0.25) is 4.90 Å². The molecular formula is C11H13N3O3S. The van der Waals surface area contributed by atoms with Crippen LogP contribution in [0.15, 0.2) is 22.0 Å². The fourth-order valence-corrected chi connectivity index (χ4v) is 2.64. The molecule has 0 saturated carbocycles. The van der Waals surface area contributed by atoms with E-state index in [1.165, 1.54) is 0 Å². The summed E-state index contributed by atoms with van der Waals surface area (Å²) in [5.74, 6) is 1.08. The summed E-state index contributed by atoms with van der Waals surface area (Å²) in [4.78, 5) is 7.14. The summed E-state index contributed by atoms with van der Waals surface area (Å²) in [7, 11) is 0. The van der Waals surface area contributed by atoms with Gasteiger partial charge in [0.25, 0.3) is 5.89 Å². The second-order valence-electron chi connectivity index (χ2n) is 4.32. The lowest BCUT2D eigenvalue weighted by Crippen LogP contribution is -2.22. The molecule has 7 heteroatoms. The van der Waals surface area contributed by atoms with Gasteiger partial charge in [-0.15, -0.1) is 11.3 Å². The van der Waals surface area contributed by atoms with Crippen molar-refractivity contribution in [3.63, 3.8) is 0 Å². The van der Waals surface area contributed by atoms with Gasteiger partial charge in [-0.2, -0.15) is 4.98 Å². The molecule has 0 aromatic carbocycles. The average Bonchev–Trinajstić information content (AvgIpc) is 3.02. The summed E-state index contributed by atoms with van der Waals surface area (Å²) in [5, 5.41) is 24.7. The van der Waals surface area contributed by atoms with E-state index in [0.717, 1.165) is 4.88 Å². The van der Waals surface area contributed by atoms with Gasteiger partial charge >= 0.3 is 0 Å². The number of hydrogen-bond donors (Lipinski definition) is 2. The number of likely N-dealkylation sites (tertiary alicyclic amines) is 1. The predicted octanol–water partition coefficient (Wildman–Crippen LogP) is 0.335. The Balaban J connectivity index is 1.68. The molecule has 0 spiro atoms. The lowest BCUT2D eigenvalue weighted by molar-refractivity contribution is 0.0572. The van der Waals surface area contributed by atoms with Gasteiger partial charge in [0.05, 0.1) is 23.6 Å². The average molecular weight is 267 g/mol. The summed E-state index contributed by atoms with van der Waals surface area (Å²) in [6.45, 7) is 1.34. The number of thiophene rings is 1. The minimum absolute atomic E-state index is 0.435. The van der Waals surface area contributed by atoms with E-state index in [2.05, 4.69) is 10.1 Å². The molecule has 2 N–H and O–H groups in total. The molecule has 2 aromatic heterocycles. The minimum Gasteiger partial charge on any atom is -0.389 e. The molecule has 18 heavy (non-hydrogen) atoms. The lowest BCUT2D eigenvalue weighted by atomic mass is 10.3. The number of aliphatic hydroxyl groups is 2. The minimum atomic E-state index is -0.686. The van der Waals surface area contributed by atoms with Crippen molar-refractivity contribution < 1.29 is 14.7 Å². The summed E-state index contributed by atoms with van der Waals surface area (Å²) in [6, 6.07) is 3.85. The molecule has 2 aromatic rings. The molecule has 3 heterocycles. The third kappa shape index (κ3) is 2.30. The maximum Gasteiger partial charge on any atom is 0.268 e. The fourth-order valence-electron chi connectivity index (χ4n) is 1.99. The quantitative estimate of drug-likeness (QED) is 0.834. The van der Waals surface area contributed by atoms with Crippen LogP contribution in [0, 0.1) is 0 Å². The zero-order valence-electron chi connectivity index (χ0n) is 9.56. The Labute approximate surface area is 107 Å². The Morgan fingerprint density at radius 2 is 2.17 bits per heavy atom. The number of aliphatic hydroxyl groups excluding tert-OH is 2. The Morgan fingerprint density at radius 3 is 2.83 bits per heavy atom. The standard InChI is InChI=1S/C11H13N3O3S/c15-7-4-14(5-8(7)16)6-10-12-11(17-13-10)9-2-1-3-18-9/h1-3,7-8,15-16H,4-6H2/t7-,8+. The zero-order valence-corrected chi connectivity index (χ0v) is 10.4. The van der Waals surface area contributed by atoms with Crippen molar-refractivity contribution in [2.24, 2.45) is 0 Å². The van der Waals surface area contributed by atoms with Crippen LogP contribution in [0.4, 0.5) is 0 Å². The first kappa shape index (κ1) is 11.8. The van der Waals surface area contributed by atoms with Gasteiger partial charge in [-0.05, 0) is 11.4 Å². The van der Waals surface area contributed by atoms with Gasteiger partial charge in [0.2, 0.25) is 0 Å². The fraction of sp³-hybridized carbons (Fsp3) is 0.455. The molecule has 1 fully saturated rings. The van der Waals surface area contributed by atoms with E-state index >= 15 is 0 Å². The molecule has 6 nitrogen and oxygen atoms in total. The lowest BCUT2D eigenvalue weighted by Gasteiger charge is -2.10. The monoisotopic (exact) mass is 267 g/mol. The second kappa shape index (κ2) is 4.77. The highest BCUT2D eigenvalue weighted by atomic mass is 32.1. The molecule has 1 aliphatic heterocycles. The summed E-state index contributed by atoms with van der Waals surface area (Å²) < 4.78 is 5.17. The maximum absolute atomic E-state index is 9.45. The first-order valence-electron chi connectivity index (χ1n) is 5.67. The summed E-state index contributed by atoms with van der Waals surface area (Å²) >= 11 is 1.54. The molecule has 3 rings (SSSR count). The highest BCUT2D eigenvalue weighted by molar-refractivity contribution is 7.13. The van der Waals surface area contributed by atoms with Gasteiger partial charge in [0.15, 0.2) is 5.82 Å². The molecule has 0 aliphatic carbocycles. The molecule has 96 valence electrons. The van der Waals surface area contributed by atoms with Crippen LogP contribution in [0.2, 0.25) is 0 Å². The molecule has 0 unspecified atom stereocenters. The van der Waals surface area contributed by atoms with E-state index in [0.29, 0.717) is 31.3 Å². The SMILES string of the molecule is O[C@@H]1CN(Cc2noc(-c3cccs3)n2)C[C@@H]1O. The van der Waals surface area contributed by atoms with E-state index in [1.807, 2.05) is 22.4 Å². The first-order valence-corrected chi connectivity index (χ1v) is 6.55. The molecule has 1 aliphatic rings. The van der Waals surface area contributed by atoms with E-state index in [-0.39, 0.29) is 0 Å². The second-order valence-corrected chi connectivity index (χ2v) is 5.27. The van der Waals surface area contributed by atoms with Crippen molar-refractivity contribution in [3.8, 4) is 10.8 Å². The molecule has 0 radical (unpaired) electrons. The molecule has 2 atom stereocenters. The number of β-amino-alcohol motifs (C(OH)–C–C–N with tert-alkyl or cyclic N) is 2. The van der Waals surface area contributed by atoms with Crippen LogP contribution in [0.5, 0.6) is 0 Å². The molecule has 1 saturated heterocycles. The highest BCUT2D eigenvalue weighted by Gasteiger charge is 2.30. The largest absolute Gasteiger partial charge is 0.389 e. The Morgan fingerprint density at radius 1 is 1.39 bits per heavy atom. The normalized spacial score (nSPS) is 24.8. The maximum atomic E-state index is 9.45. The molecular weight excluding hydrogens is 254 g/mol. The van der Waals surface area contributed by atoms with Crippen LogP contribution in [0.25, 0.3) is 10.8 Å². The zero-order chi connectivity index (χ0) is 12.5. The van der Waals surface area contributed by atoms with Crippen LogP contribution in [-0.4, -0.2) is 50.6 Å². The van der Waals surface area contributed by atoms with Gasteiger partial charge in [-0.1, -0.05) is 11.2 Å². The summed E-state index contributed by atoms with van der Waals surface area (Å²) in [6.07, 6.45) is -1.37. The van der Waals surface area contributed by atoms with Crippen LogP contribution < -0.4 is 0 Å². The number of hydrogen-bond acceptors (Lipinski definition) is 7. The van der Waals surface area contributed by atoms with E-state index in [4.69, 9.17) is 4.52 Å². The Bertz CT molecular complexity index is 503. The molecule has 0 amide bonds. The van der Waals surface area contributed by atoms with Crippen LogP contribution >= 0.6 is 11.3 Å². The van der Waals surface area contributed by atoms with Gasteiger partial charge in [0.1, 0.15) is 0 Å². The van der Waals surface area contributed by atoms with E-state index < -0.39 is 12.2 Å². The summed E-state index contributed by atoms with van der Waals surface area (Å²) in [5.41, 5.74) is 0. The van der Waals surface area contributed by atoms with Gasteiger partial charge in [0, 0.05) is 13.1 Å². The predicted molar refractivity (Wildman–Crippen MR) is 64.9 cm³/mol. The van der Waals surface area contributed by atoms with E-state index in [9.17, 15) is 10.2 Å². The Kier molecular flexibility index (Phi) is 3.13. The van der Waals surface area contributed by atoms with Crippen LogP contribution in [-0.2, 0) is 6.54 Å². The van der Waals surface area contributed by atoms with Crippen molar-refractivity contribution >= 4 is 11.3 Å². The Hall–Kier alpha value is -1.28. The van der Waals surface area contributed by atoms with Gasteiger partial charge in [-0.25, -0.2) is 0 Å². The first-order chi connectivity index (χ1) is 8.72. The van der Waals surface area contributed by atoms with Crippen molar-refractivity contribution in [3.05, 3.63) is 23.3 Å². The van der Waals surface area contributed by atoms with E-state index in [1.54, 1.807) is 11.3 Å². The number of rotatable bonds is 3. The third-order valence-electron chi connectivity index (χ3n) is 2.90. The van der Waals surface area contributed by atoms with Crippen LogP contribution in [0.3, 0.4) is 0 Å². The third-order valence-corrected chi connectivity index (χ3v) is 3.76. The van der Waals surface area contributed by atoms with Crippen molar-refractivity contribution in [2.75, 3.05) is 13.1 Å². The van der Waals surface area contributed by atoms with Crippen LogP contribution in [0.1, 0.15) is 5.82 Å². The van der Waals surface area contributed by atoms with Gasteiger partial charge < -0.3 is 14.7 Å².